The zero-order valence-corrected chi connectivity index (χ0v) is 16.8. The molecule has 1 heterocycles. The maximum Gasteiger partial charge on any atom is 0.237 e. The second kappa shape index (κ2) is 9.60. The Morgan fingerprint density at radius 2 is 1.68 bits per heavy atom. The lowest BCUT2D eigenvalue weighted by Crippen LogP contribution is -2.54. The van der Waals surface area contributed by atoms with E-state index in [0.29, 0.717) is 0 Å². The highest BCUT2D eigenvalue weighted by molar-refractivity contribution is 5.81. The molecule has 5 heteroatoms. The summed E-state index contributed by atoms with van der Waals surface area (Å²) < 4.78 is 0. The molecule has 2 aromatic carbocycles. The van der Waals surface area contributed by atoms with E-state index in [4.69, 9.17) is 0 Å². The Hall–Kier alpha value is -2.53. The number of nitrogens with zero attached hydrogens (tertiary/aromatic N) is 2. The van der Waals surface area contributed by atoms with Gasteiger partial charge in [0.05, 0.1) is 12.1 Å². The standard InChI is InChI=1S/C23H31N3O2/c1-3-7-22(19-8-5-4-6-9-19)24-23(28)18(2)25-14-16-26(17-15-25)20-10-12-21(27)13-11-20/h4-6,8-13,18,22,27H,3,7,14-17H2,1-2H3,(H,24,28)/t18-,22+/m1/s1. The molecule has 2 aromatic rings. The lowest BCUT2D eigenvalue weighted by Gasteiger charge is -2.39. The highest BCUT2D eigenvalue weighted by atomic mass is 16.3. The Morgan fingerprint density at radius 1 is 1.04 bits per heavy atom. The lowest BCUT2D eigenvalue weighted by molar-refractivity contribution is -0.126. The molecule has 0 unspecified atom stereocenters. The van der Waals surface area contributed by atoms with Gasteiger partial charge >= 0.3 is 0 Å². The van der Waals surface area contributed by atoms with Crippen molar-refractivity contribution in [1.29, 1.82) is 0 Å². The minimum Gasteiger partial charge on any atom is -0.508 e. The van der Waals surface area contributed by atoms with Crippen molar-refractivity contribution in [1.82, 2.24) is 10.2 Å². The number of hydrogen-bond acceptors (Lipinski definition) is 4. The smallest absolute Gasteiger partial charge is 0.237 e. The van der Waals surface area contributed by atoms with Crippen molar-refractivity contribution in [2.24, 2.45) is 0 Å². The third kappa shape index (κ3) is 5.04. The number of phenolic OH excluding ortho intramolecular Hbond substituents is 1. The topological polar surface area (TPSA) is 55.8 Å². The molecule has 0 aliphatic carbocycles. The number of hydrogen-bond donors (Lipinski definition) is 2. The number of carbonyl (C=O) groups excluding carboxylic acids is 1. The van der Waals surface area contributed by atoms with Gasteiger partial charge in [0.2, 0.25) is 5.91 Å². The van der Waals surface area contributed by atoms with E-state index in [0.717, 1.165) is 44.7 Å². The molecule has 1 fully saturated rings. The minimum absolute atomic E-state index is 0.0689. The van der Waals surface area contributed by atoms with Crippen LogP contribution in [0.3, 0.4) is 0 Å². The van der Waals surface area contributed by atoms with Gasteiger partial charge in [-0.15, -0.1) is 0 Å². The fourth-order valence-electron chi connectivity index (χ4n) is 3.79. The Bertz CT molecular complexity index is 740. The molecule has 0 radical (unpaired) electrons. The lowest BCUT2D eigenvalue weighted by atomic mass is 10.0. The van der Waals surface area contributed by atoms with Gasteiger partial charge in [-0.25, -0.2) is 0 Å². The third-order valence-electron chi connectivity index (χ3n) is 5.55. The Morgan fingerprint density at radius 3 is 2.29 bits per heavy atom. The summed E-state index contributed by atoms with van der Waals surface area (Å²) in [5.41, 5.74) is 2.28. The summed E-state index contributed by atoms with van der Waals surface area (Å²) in [7, 11) is 0. The zero-order valence-electron chi connectivity index (χ0n) is 16.8. The summed E-state index contributed by atoms with van der Waals surface area (Å²) in [5, 5.41) is 12.7. The van der Waals surface area contributed by atoms with Crippen molar-refractivity contribution >= 4 is 11.6 Å². The number of aromatic hydroxyl groups is 1. The molecule has 0 aromatic heterocycles. The van der Waals surface area contributed by atoms with E-state index in [2.05, 4.69) is 34.2 Å². The van der Waals surface area contributed by atoms with Crippen LogP contribution in [-0.4, -0.2) is 48.1 Å². The normalized spacial score (nSPS) is 17.1. The molecule has 1 saturated heterocycles. The van der Waals surface area contributed by atoms with Gasteiger partial charge in [-0.3, -0.25) is 9.69 Å². The Balaban J connectivity index is 1.55. The monoisotopic (exact) mass is 381 g/mol. The minimum atomic E-state index is -0.148. The molecule has 28 heavy (non-hydrogen) atoms. The molecule has 5 nitrogen and oxygen atoms in total. The first-order valence-corrected chi connectivity index (χ1v) is 10.2. The van der Waals surface area contributed by atoms with Gasteiger partial charge in [0.1, 0.15) is 5.75 Å². The van der Waals surface area contributed by atoms with E-state index in [1.54, 1.807) is 12.1 Å². The van der Waals surface area contributed by atoms with Gasteiger partial charge in [-0.05, 0) is 43.2 Å². The van der Waals surface area contributed by atoms with Crippen LogP contribution in [0.2, 0.25) is 0 Å². The molecule has 1 amide bonds. The second-order valence-corrected chi connectivity index (χ2v) is 7.48. The summed E-state index contributed by atoms with van der Waals surface area (Å²) in [5.74, 6) is 0.383. The Labute approximate surface area is 168 Å². The predicted octanol–water partition coefficient (Wildman–Crippen LogP) is 3.56. The van der Waals surface area contributed by atoms with Crippen molar-refractivity contribution in [3.8, 4) is 5.75 Å². The van der Waals surface area contributed by atoms with E-state index < -0.39 is 0 Å². The summed E-state index contributed by atoms with van der Waals surface area (Å²) in [6, 6.07) is 17.5. The molecule has 1 aliphatic rings. The number of nitrogens with one attached hydrogen (secondary N) is 1. The van der Waals surface area contributed by atoms with Crippen LogP contribution in [0.15, 0.2) is 54.6 Å². The molecular weight excluding hydrogens is 350 g/mol. The van der Waals surface area contributed by atoms with Crippen molar-refractivity contribution in [3.05, 3.63) is 60.2 Å². The first-order valence-electron chi connectivity index (χ1n) is 10.2. The molecule has 0 bridgehead atoms. The third-order valence-corrected chi connectivity index (χ3v) is 5.55. The van der Waals surface area contributed by atoms with E-state index in [1.165, 1.54) is 5.56 Å². The SMILES string of the molecule is CCC[C@H](NC(=O)[C@@H](C)N1CCN(c2ccc(O)cc2)CC1)c1ccccc1. The first-order chi connectivity index (χ1) is 13.6. The summed E-state index contributed by atoms with van der Waals surface area (Å²) in [4.78, 5) is 17.4. The molecule has 2 N–H and O–H groups in total. The van der Waals surface area contributed by atoms with Crippen molar-refractivity contribution in [2.75, 3.05) is 31.1 Å². The molecule has 150 valence electrons. The molecular formula is C23H31N3O2. The average Bonchev–Trinajstić information content (AvgIpc) is 2.74. The number of piperazine rings is 1. The largest absolute Gasteiger partial charge is 0.508 e. The zero-order chi connectivity index (χ0) is 19.9. The van der Waals surface area contributed by atoms with Crippen LogP contribution >= 0.6 is 0 Å². The Kier molecular flexibility index (Phi) is 6.93. The number of benzene rings is 2. The van der Waals surface area contributed by atoms with Gasteiger partial charge < -0.3 is 15.3 Å². The second-order valence-electron chi connectivity index (χ2n) is 7.48. The summed E-state index contributed by atoms with van der Waals surface area (Å²) >= 11 is 0. The van der Waals surface area contributed by atoms with Gasteiger partial charge in [0, 0.05) is 31.9 Å². The molecule has 2 atom stereocenters. The van der Waals surface area contributed by atoms with E-state index in [9.17, 15) is 9.90 Å². The fourth-order valence-corrected chi connectivity index (χ4v) is 3.79. The maximum absolute atomic E-state index is 12.9. The van der Waals surface area contributed by atoms with Gasteiger partial charge in [0.15, 0.2) is 0 Å². The van der Waals surface area contributed by atoms with Crippen LogP contribution in [-0.2, 0) is 4.79 Å². The maximum atomic E-state index is 12.9. The van der Waals surface area contributed by atoms with E-state index in [-0.39, 0.29) is 23.7 Å². The van der Waals surface area contributed by atoms with Crippen LogP contribution in [0.1, 0.15) is 38.3 Å². The van der Waals surface area contributed by atoms with Gasteiger partial charge in [-0.2, -0.15) is 0 Å². The number of rotatable bonds is 7. The molecule has 3 rings (SSSR count). The van der Waals surface area contributed by atoms with E-state index >= 15 is 0 Å². The van der Waals surface area contributed by atoms with E-state index in [1.807, 2.05) is 37.3 Å². The highest BCUT2D eigenvalue weighted by Crippen LogP contribution is 2.21. The fraction of sp³-hybridized carbons (Fsp3) is 0.435. The van der Waals surface area contributed by atoms with Crippen LogP contribution in [0.4, 0.5) is 5.69 Å². The molecule has 1 aliphatic heterocycles. The van der Waals surface area contributed by atoms with Gasteiger partial charge in [0.25, 0.3) is 0 Å². The number of anilines is 1. The number of amides is 1. The quantitative estimate of drug-likeness (QED) is 0.770. The van der Waals surface area contributed by atoms with Crippen LogP contribution in [0, 0.1) is 0 Å². The summed E-state index contributed by atoms with van der Waals surface area (Å²) in [6.45, 7) is 7.59. The first kappa shape index (κ1) is 20.2. The number of phenols is 1. The molecule has 0 saturated carbocycles. The highest BCUT2D eigenvalue weighted by Gasteiger charge is 2.27. The summed E-state index contributed by atoms with van der Waals surface area (Å²) in [6.07, 6.45) is 1.97. The van der Waals surface area contributed by atoms with Crippen molar-refractivity contribution < 1.29 is 9.90 Å². The predicted molar refractivity (Wildman–Crippen MR) is 114 cm³/mol. The number of carbonyl (C=O) groups is 1. The van der Waals surface area contributed by atoms with Crippen LogP contribution in [0.5, 0.6) is 5.75 Å². The average molecular weight is 382 g/mol. The molecule has 0 spiro atoms. The van der Waals surface area contributed by atoms with Crippen LogP contribution in [0.25, 0.3) is 0 Å². The van der Waals surface area contributed by atoms with Gasteiger partial charge in [-0.1, -0.05) is 43.7 Å². The van der Waals surface area contributed by atoms with Crippen molar-refractivity contribution in [2.45, 2.75) is 38.8 Å². The van der Waals surface area contributed by atoms with Crippen molar-refractivity contribution in [3.63, 3.8) is 0 Å². The van der Waals surface area contributed by atoms with Crippen LogP contribution < -0.4 is 10.2 Å².